The van der Waals surface area contributed by atoms with Gasteiger partial charge in [-0.1, -0.05) is 12.1 Å². The molecule has 0 amide bonds. The van der Waals surface area contributed by atoms with E-state index in [0.29, 0.717) is 0 Å². The van der Waals surface area contributed by atoms with Gasteiger partial charge in [-0.3, -0.25) is 4.90 Å². The van der Waals surface area contributed by atoms with Gasteiger partial charge in [0.25, 0.3) is 0 Å². The van der Waals surface area contributed by atoms with Crippen LogP contribution >= 0.6 is 0 Å². The van der Waals surface area contributed by atoms with Gasteiger partial charge in [-0.15, -0.1) is 0 Å². The Labute approximate surface area is 123 Å². The van der Waals surface area contributed by atoms with Crippen molar-refractivity contribution in [2.24, 2.45) is 0 Å². The van der Waals surface area contributed by atoms with Crippen LogP contribution in [0.3, 0.4) is 0 Å². The zero-order valence-corrected chi connectivity index (χ0v) is 12.2. The molecule has 2 aliphatic heterocycles. The molecule has 108 valence electrons. The number of benzene rings is 2. The van der Waals surface area contributed by atoms with Gasteiger partial charge >= 0.3 is 0 Å². The molecule has 2 heterocycles. The van der Waals surface area contributed by atoms with Crippen molar-refractivity contribution >= 4 is 0 Å². The number of hydrogen-bond acceptors (Lipinski definition) is 1. The summed E-state index contributed by atoms with van der Waals surface area (Å²) >= 11 is 0. The van der Waals surface area contributed by atoms with Gasteiger partial charge in [-0.05, 0) is 66.9 Å². The molecule has 3 aliphatic rings. The fraction of sp³-hybridized carbons (Fsp3) is 0.333. The lowest BCUT2D eigenvalue weighted by Crippen LogP contribution is -2.47. The third-order valence-corrected chi connectivity index (χ3v) is 5.29. The Balaban J connectivity index is 2.05. The predicted molar refractivity (Wildman–Crippen MR) is 78.3 cm³/mol. The molecule has 2 aromatic carbocycles. The zero-order chi connectivity index (χ0) is 14.8. The van der Waals surface area contributed by atoms with Crippen LogP contribution in [0.5, 0.6) is 0 Å². The first kappa shape index (κ1) is 13.0. The van der Waals surface area contributed by atoms with Crippen molar-refractivity contribution in [2.45, 2.75) is 24.8 Å². The molecule has 0 fully saturated rings. The van der Waals surface area contributed by atoms with E-state index in [2.05, 4.69) is 18.9 Å². The molecule has 2 bridgehead atoms. The summed E-state index contributed by atoms with van der Waals surface area (Å²) in [6.45, 7) is 2.99. The highest BCUT2D eigenvalue weighted by molar-refractivity contribution is 5.51. The average Bonchev–Trinajstić information content (AvgIpc) is 2.61. The van der Waals surface area contributed by atoms with E-state index in [1.165, 1.54) is 23.3 Å². The summed E-state index contributed by atoms with van der Waals surface area (Å²) in [7, 11) is 2.10. The van der Waals surface area contributed by atoms with Crippen LogP contribution < -0.4 is 0 Å². The molecule has 3 heteroatoms. The number of rotatable bonds is 0. The first-order valence-electron chi connectivity index (χ1n) is 7.28. The maximum atomic E-state index is 13.7. The topological polar surface area (TPSA) is 3.24 Å². The molecule has 1 nitrogen and oxygen atoms in total. The van der Waals surface area contributed by atoms with Crippen molar-refractivity contribution in [1.82, 2.24) is 4.90 Å². The van der Waals surface area contributed by atoms with Crippen LogP contribution in [0, 0.1) is 11.6 Å². The molecule has 2 unspecified atom stereocenters. The van der Waals surface area contributed by atoms with E-state index in [0.717, 1.165) is 24.1 Å². The van der Waals surface area contributed by atoms with Gasteiger partial charge in [0.2, 0.25) is 0 Å². The van der Waals surface area contributed by atoms with Crippen LogP contribution in [0.2, 0.25) is 0 Å². The number of hydrogen-bond donors (Lipinski definition) is 0. The molecule has 0 N–H and O–H groups in total. The largest absolute Gasteiger partial charge is 0.296 e. The molecular formula is C18H17F2N. The molecule has 0 radical (unpaired) electrons. The molecule has 21 heavy (non-hydrogen) atoms. The summed E-state index contributed by atoms with van der Waals surface area (Å²) < 4.78 is 27.5. The Morgan fingerprint density at radius 3 is 2.48 bits per heavy atom. The lowest BCUT2D eigenvalue weighted by Gasteiger charge is -2.44. The first-order chi connectivity index (χ1) is 9.99. The number of likely N-dealkylation sites (N-methyl/N-ethyl adjacent to an activating group) is 1. The quantitative estimate of drug-likeness (QED) is 0.711. The van der Waals surface area contributed by atoms with Gasteiger partial charge in [0, 0.05) is 18.0 Å². The van der Waals surface area contributed by atoms with E-state index < -0.39 is 0 Å². The van der Waals surface area contributed by atoms with E-state index in [-0.39, 0.29) is 23.1 Å². The van der Waals surface area contributed by atoms with Crippen LogP contribution in [0.25, 0.3) is 0 Å². The minimum absolute atomic E-state index is 0.0435. The number of fused-ring (bicyclic) bond motifs is 1. The van der Waals surface area contributed by atoms with Gasteiger partial charge in [-0.25, -0.2) is 8.78 Å². The van der Waals surface area contributed by atoms with E-state index in [9.17, 15) is 8.78 Å². The highest BCUT2D eigenvalue weighted by Crippen LogP contribution is 2.48. The third-order valence-electron chi connectivity index (χ3n) is 5.29. The fourth-order valence-electron chi connectivity index (χ4n) is 4.01. The molecule has 0 spiro atoms. The third kappa shape index (κ3) is 1.70. The minimum atomic E-state index is -0.218. The van der Waals surface area contributed by atoms with E-state index in [4.69, 9.17) is 0 Å². The maximum Gasteiger partial charge on any atom is 0.123 e. The van der Waals surface area contributed by atoms with Crippen molar-refractivity contribution < 1.29 is 8.78 Å². The van der Waals surface area contributed by atoms with Crippen molar-refractivity contribution in [2.75, 3.05) is 13.6 Å². The van der Waals surface area contributed by atoms with Crippen LogP contribution in [-0.2, 0) is 12.0 Å². The van der Waals surface area contributed by atoms with Gasteiger partial charge < -0.3 is 0 Å². The van der Waals surface area contributed by atoms with Crippen molar-refractivity contribution in [3.05, 3.63) is 70.3 Å². The van der Waals surface area contributed by atoms with E-state index >= 15 is 0 Å². The monoisotopic (exact) mass is 285 g/mol. The smallest absolute Gasteiger partial charge is 0.123 e. The summed E-state index contributed by atoms with van der Waals surface area (Å²) in [6.07, 6.45) is 0.828. The Hall–Kier alpha value is -1.74. The zero-order valence-electron chi connectivity index (χ0n) is 12.2. The standard InChI is InChI=1S/C18H17F2N/c1-18-9-11-3-4-12(19)7-14(11)16(10-21(18)2)15-8-13(20)5-6-17(15)18/h3-8,16H,9-10H2,1-2H3. The maximum absolute atomic E-state index is 13.7. The molecule has 0 aromatic heterocycles. The van der Waals surface area contributed by atoms with Crippen molar-refractivity contribution in [1.29, 1.82) is 0 Å². The normalized spacial score (nSPS) is 27.1. The van der Waals surface area contributed by atoms with Gasteiger partial charge in [0.05, 0.1) is 0 Å². The SMILES string of the molecule is CN1CC2c3cc(F)ccc3CC1(C)c1ccc(F)cc12. The summed E-state index contributed by atoms with van der Waals surface area (Å²) in [4.78, 5) is 2.32. The van der Waals surface area contributed by atoms with Gasteiger partial charge in [0.15, 0.2) is 0 Å². The predicted octanol–water partition coefficient (Wildman–Crippen LogP) is 3.81. The van der Waals surface area contributed by atoms with Crippen LogP contribution in [0.1, 0.15) is 35.1 Å². The van der Waals surface area contributed by atoms with E-state index in [1.807, 2.05) is 12.1 Å². The summed E-state index contributed by atoms with van der Waals surface area (Å²) in [6, 6.07) is 10.1. The molecule has 5 rings (SSSR count). The van der Waals surface area contributed by atoms with Crippen molar-refractivity contribution in [3.8, 4) is 0 Å². The second-order valence-electron chi connectivity index (χ2n) is 6.46. The Morgan fingerprint density at radius 1 is 1.05 bits per heavy atom. The second-order valence-corrected chi connectivity index (χ2v) is 6.46. The molecule has 2 aromatic rings. The highest BCUT2D eigenvalue weighted by Gasteiger charge is 2.44. The van der Waals surface area contributed by atoms with Gasteiger partial charge in [0.1, 0.15) is 11.6 Å². The molecule has 0 saturated carbocycles. The lowest BCUT2D eigenvalue weighted by molar-refractivity contribution is 0.123. The fourth-order valence-corrected chi connectivity index (χ4v) is 4.01. The minimum Gasteiger partial charge on any atom is -0.296 e. The van der Waals surface area contributed by atoms with Crippen LogP contribution in [0.4, 0.5) is 8.78 Å². The highest BCUT2D eigenvalue weighted by atomic mass is 19.1. The summed E-state index contributed by atoms with van der Waals surface area (Å²) in [5, 5.41) is 0. The second kappa shape index (κ2) is 4.14. The molecule has 0 saturated heterocycles. The van der Waals surface area contributed by atoms with Crippen molar-refractivity contribution in [3.63, 3.8) is 0 Å². The Morgan fingerprint density at radius 2 is 1.71 bits per heavy atom. The van der Waals surface area contributed by atoms with Gasteiger partial charge in [-0.2, -0.15) is 0 Å². The van der Waals surface area contributed by atoms with Crippen LogP contribution in [0.15, 0.2) is 36.4 Å². The lowest BCUT2D eigenvalue weighted by atomic mass is 9.78. The number of halogens is 2. The average molecular weight is 285 g/mol. The Kier molecular flexibility index (Phi) is 2.55. The number of nitrogens with zero attached hydrogens (tertiary/aromatic N) is 1. The molecular weight excluding hydrogens is 268 g/mol. The van der Waals surface area contributed by atoms with Crippen LogP contribution in [-0.4, -0.2) is 18.5 Å². The van der Waals surface area contributed by atoms with E-state index in [1.54, 1.807) is 12.1 Å². The molecule has 2 atom stereocenters. The summed E-state index contributed by atoms with van der Waals surface area (Å²) in [5.41, 5.74) is 4.20. The summed E-state index contributed by atoms with van der Waals surface area (Å²) in [5.74, 6) is -0.391. The Bertz CT molecular complexity index is 740. The first-order valence-corrected chi connectivity index (χ1v) is 7.28. The molecule has 1 aliphatic carbocycles.